The summed E-state index contributed by atoms with van der Waals surface area (Å²) in [5.74, 6) is 0.982. The van der Waals surface area contributed by atoms with E-state index >= 15 is 0 Å². The average molecular weight is 345 g/mol. The Morgan fingerprint density at radius 2 is 1.96 bits per heavy atom. The molecule has 0 saturated heterocycles. The van der Waals surface area contributed by atoms with Crippen LogP contribution in [0.25, 0.3) is 0 Å². The summed E-state index contributed by atoms with van der Waals surface area (Å²) in [6, 6.07) is 18.3. The number of nitriles is 1. The molecule has 2 aliphatic rings. The predicted molar refractivity (Wildman–Crippen MR) is 103 cm³/mol. The van der Waals surface area contributed by atoms with Crippen LogP contribution in [0.1, 0.15) is 43.9 Å². The number of hydrogen-bond donors (Lipinski definition) is 1. The number of nitrogens with zero attached hydrogens (tertiary/aromatic N) is 2. The summed E-state index contributed by atoms with van der Waals surface area (Å²) >= 11 is 0. The molecule has 3 atom stereocenters. The van der Waals surface area contributed by atoms with Crippen molar-refractivity contribution in [2.24, 2.45) is 11.8 Å². The Bertz CT molecular complexity index is 881. The number of amides is 1. The molecule has 2 aromatic carbocycles. The van der Waals surface area contributed by atoms with E-state index in [4.69, 9.17) is 0 Å². The molecule has 1 N–H and O–H groups in total. The first-order chi connectivity index (χ1) is 12.6. The van der Waals surface area contributed by atoms with E-state index < -0.39 is 0 Å². The van der Waals surface area contributed by atoms with Gasteiger partial charge in [0.2, 0.25) is 5.91 Å². The van der Waals surface area contributed by atoms with Crippen LogP contribution >= 0.6 is 0 Å². The van der Waals surface area contributed by atoms with Gasteiger partial charge in [-0.25, -0.2) is 0 Å². The molecular weight excluding hydrogens is 322 g/mol. The van der Waals surface area contributed by atoms with Gasteiger partial charge in [-0.2, -0.15) is 5.26 Å². The topological polar surface area (TPSA) is 56.1 Å². The van der Waals surface area contributed by atoms with E-state index in [9.17, 15) is 10.1 Å². The Morgan fingerprint density at radius 3 is 2.65 bits per heavy atom. The molecule has 4 heteroatoms. The van der Waals surface area contributed by atoms with Gasteiger partial charge in [0.15, 0.2) is 0 Å². The van der Waals surface area contributed by atoms with Crippen molar-refractivity contribution in [2.45, 2.75) is 38.8 Å². The van der Waals surface area contributed by atoms with Gasteiger partial charge in [-0.1, -0.05) is 31.2 Å². The first-order valence-electron chi connectivity index (χ1n) is 9.25. The zero-order valence-electron chi connectivity index (χ0n) is 15.1. The quantitative estimate of drug-likeness (QED) is 0.891. The molecular formula is C22H23N3O. The summed E-state index contributed by atoms with van der Waals surface area (Å²) in [5.41, 5.74) is 3.76. The van der Waals surface area contributed by atoms with E-state index in [0.29, 0.717) is 11.5 Å². The number of benzene rings is 2. The number of fused-ring (bicyclic) bond motifs is 1. The summed E-state index contributed by atoms with van der Waals surface area (Å²) in [7, 11) is 0. The number of nitrogens with one attached hydrogen (secondary N) is 1. The van der Waals surface area contributed by atoms with Crippen LogP contribution in [0.5, 0.6) is 0 Å². The second-order valence-corrected chi connectivity index (χ2v) is 7.45. The van der Waals surface area contributed by atoms with E-state index in [1.165, 1.54) is 12.8 Å². The van der Waals surface area contributed by atoms with Gasteiger partial charge in [0.25, 0.3) is 0 Å². The van der Waals surface area contributed by atoms with Crippen LogP contribution in [-0.2, 0) is 4.79 Å². The molecule has 4 nitrogen and oxygen atoms in total. The minimum Gasteiger partial charge on any atom is -0.378 e. The molecule has 1 fully saturated rings. The molecule has 0 radical (unpaired) electrons. The van der Waals surface area contributed by atoms with Crippen LogP contribution in [0.4, 0.5) is 11.4 Å². The van der Waals surface area contributed by atoms with Gasteiger partial charge in [-0.05, 0) is 48.6 Å². The van der Waals surface area contributed by atoms with Crippen LogP contribution in [0.2, 0.25) is 0 Å². The number of anilines is 2. The Labute approximate surface area is 154 Å². The van der Waals surface area contributed by atoms with E-state index in [2.05, 4.69) is 30.4 Å². The molecule has 0 unspecified atom stereocenters. The highest BCUT2D eigenvalue weighted by Gasteiger charge is 2.47. The highest BCUT2D eigenvalue weighted by molar-refractivity contribution is 5.94. The molecule has 132 valence electrons. The fraction of sp³-hybridized carbons (Fsp3) is 0.364. The van der Waals surface area contributed by atoms with Crippen molar-refractivity contribution in [3.05, 3.63) is 59.7 Å². The van der Waals surface area contributed by atoms with Crippen molar-refractivity contribution in [3.63, 3.8) is 0 Å². The Hall–Kier alpha value is -2.80. The summed E-state index contributed by atoms with van der Waals surface area (Å²) in [5, 5.41) is 12.8. The maximum Gasteiger partial charge on any atom is 0.224 e. The minimum atomic E-state index is 0.112. The minimum absolute atomic E-state index is 0.112. The van der Waals surface area contributed by atoms with Gasteiger partial charge in [-0.3, -0.25) is 4.79 Å². The van der Waals surface area contributed by atoms with Crippen LogP contribution < -0.4 is 10.2 Å². The van der Waals surface area contributed by atoms with Crippen LogP contribution in [0.15, 0.2) is 48.5 Å². The van der Waals surface area contributed by atoms with Gasteiger partial charge in [0, 0.05) is 30.3 Å². The van der Waals surface area contributed by atoms with E-state index in [1.54, 1.807) is 6.92 Å². The summed E-state index contributed by atoms with van der Waals surface area (Å²) < 4.78 is 0. The molecule has 26 heavy (non-hydrogen) atoms. The standard InChI is InChI=1S/C22H23N3O/c1-14-21(24-18-7-5-6-16(12-18)13-23)19-8-3-4-9-20(19)25(15(2)26)22(14)17-10-11-17/h3-9,12,14,17,21-22,24H,10-11H2,1-2H3/t14-,21-,22+/m1/s1. The number of para-hydroxylation sites is 1. The molecule has 1 saturated carbocycles. The zero-order chi connectivity index (χ0) is 18.3. The van der Waals surface area contributed by atoms with Crippen molar-refractivity contribution in [1.82, 2.24) is 0 Å². The third kappa shape index (κ3) is 2.84. The lowest BCUT2D eigenvalue weighted by atomic mass is 9.80. The lowest BCUT2D eigenvalue weighted by molar-refractivity contribution is -0.117. The maximum atomic E-state index is 12.5. The van der Waals surface area contributed by atoms with Crippen LogP contribution in [0, 0.1) is 23.2 Å². The largest absolute Gasteiger partial charge is 0.378 e. The highest BCUT2D eigenvalue weighted by Crippen LogP contribution is 2.49. The molecule has 1 amide bonds. The van der Waals surface area contributed by atoms with Crippen molar-refractivity contribution in [2.75, 3.05) is 10.2 Å². The van der Waals surface area contributed by atoms with Crippen molar-refractivity contribution in [1.29, 1.82) is 5.26 Å². The first kappa shape index (κ1) is 16.7. The molecule has 1 aliphatic heterocycles. The molecule has 1 aliphatic carbocycles. The number of carbonyl (C=O) groups excluding carboxylic acids is 1. The highest BCUT2D eigenvalue weighted by atomic mass is 16.2. The van der Waals surface area contributed by atoms with Gasteiger partial charge in [0.1, 0.15) is 0 Å². The van der Waals surface area contributed by atoms with E-state index in [0.717, 1.165) is 16.9 Å². The molecule has 0 bridgehead atoms. The van der Waals surface area contributed by atoms with Gasteiger partial charge < -0.3 is 10.2 Å². The van der Waals surface area contributed by atoms with E-state index in [1.807, 2.05) is 41.3 Å². The third-order valence-electron chi connectivity index (χ3n) is 5.65. The normalized spacial score (nSPS) is 24.5. The first-order valence-corrected chi connectivity index (χ1v) is 9.25. The van der Waals surface area contributed by atoms with Crippen LogP contribution in [0.3, 0.4) is 0 Å². The van der Waals surface area contributed by atoms with E-state index in [-0.39, 0.29) is 23.9 Å². The fourth-order valence-electron chi connectivity index (χ4n) is 4.37. The van der Waals surface area contributed by atoms with Crippen molar-refractivity contribution < 1.29 is 4.79 Å². The molecule has 0 spiro atoms. The van der Waals surface area contributed by atoms with Gasteiger partial charge in [-0.15, -0.1) is 0 Å². The summed E-state index contributed by atoms with van der Waals surface area (Å²) in [6.45, 7) is 3.91. The number of hydrogen-bond acceptors (Lipinski definition) is 3. The smallest absolute Gasteiger partial charge is 0.224 e. The lowest BCUT2D eigenvalue weighted by Gasteiger charge is -2.46. The van der Waals surface area contributed by atoms with Crippen LogP contribution in [-0.4, -0.2) is 11.9 Å². The number of carbonyl (C=O) groups is 1. The number of rotatable bonds is 3. The molecule has 0 aromatic heterocycles. The summed E-state index contributed by atoms with van der Waals surface area (Å²) in [6.07, 6.45) is 2.38. The monoisotopic (exact) mass is 345 g/mol. The fourth-order valence-corrected chi connectivity index (χ4v) is 4.37. The predicted octanol–water partition coefficient (Wildman–Crippen LogP) is 4.49. The summed E-state index contributed by atoms with van der Waals surface area (Å²) in [4.78, 5) is 14.5. The maximum absolute atomic E-state index is 12.5. The molecule has 2 aromatic rings. The van der Waals surface area contributed by atoms with Crippen molar-refractivity contribution in [3.8, 4) is 6.07 Å². The Morgan fingerprint density at radius 1 is 1.19 bits per heavy atom. The van der Waals surface area contributed by atoms with Gasteiger partial charge in [0.05, 0.1) is 17.7 Å². The van der Waals surface area contributed by atoms with Gasteiger partial charge >= 0.3 is 0 Å². The third-order valence-corrected chi connectivity index (χ3v) is 5.65. The molecule has 4 rings (SSSR count). The second kappa shape index (κ2) is 6.49. The van der Waals surface area contributed by atoms with Crippen molar-refractivity contribution >= 4 is 17.3 Å². The average Bonchev–Trinajstić information content (AvgIpc) is 3.48. The zero-order valence-corrected chi connectivity index (χ0v) is 15.1. The second-order valence-electron chi connectivity index (χ2n) is 7.45. The SMILES string of the molecule is CC(=O)N1c2ccccc2[C@H](Nc2cccc(C#N)c2)[C@@H](C)[C@H]1C1CC1. The molecule has 1 heterocycles. The lowest BCUT2D eigenvalue weighted by Crippen LogP contribution is -2.51. The Kier molecular flexibility index (Phi) is 4.16. The Balaban J connectivity index is 1.76.